The van der Waals surface area contributed by atoms with Crippen molar-refractivity contribution in [2.75, 3.05) is 13.2 Å². The van der Waals surface area contributed by atoms with Crippen molar-refractivity contribution in [3.63, 3.8) is 0 Å². The van der Waals surface area contributed by atoms with E-state index >= 15 is 0 Å². The number of hydrogen-bond donors (Lipinski definition) is 1. The van der Waals surface area contributed by atoms with E-state index in [1.54, 1.807) is 18.2 Å². The number of fused-ring (bicyclic) bond motifs is 1. The van der Waals surface area contributed by atoms with Crippen LogP contribution in [0.5, 0.6) is 11.5 Å². The molecule has 0 aromatic heterocycles. The summed E-state index contributed by atoms with van der Waals surface area (Å²) in [6.45, 7) is 4.75. The van der Waals surface area contributed by atoms with E-state index in [-0.39, 0.29) is 23.7 Å². The summed E-state index contributed by atoms with van der Waals surface area (Å²) in [5.41, 5.74) is 1.29. The highest BCUT2D eigenvalue weighted by molar-refractivity contribution is 5.78. The highest BCUT2D eigenvalue weighted by atomic mass is 19.1. The van der Waals surface area contributed by atoms with Gasteiger partial charge in [0, 0.05) is 12.0 Å². The molecule has 0 fully saturated rings. The average Bonchev–Trinajstić information content (AvgIpc) is 2.88. The number of halogens is 1. The number of carbonyl (C=O) groups is 1. The van der Waals surface area contributed by atoms with E-state index in [4.69, 9.17) is 9.47 Å². The molecule has 2 aromatic rings. The average molecular weight is 343 g/mol. The first-order valence-corrected chi connectivity index (χ1v) is 8.38. The number of ether oxygens (including phenoxy) is 2. The van der Waals surface area contributed by atoms with Crippen molar-refractivity contribution < 1.29 is 18.7 Å². The molecule has 132 valence electrons. The monoisotopic (exact) mass is 343 g/mol. The summed E-state index contributed by atoms with van der Waals surface area (Å²) in [6, 6.07) is 12.1. The molecule has 0 radical (unpaired) electrons. The molecular formula is C20H22FNO3. The minimum Gasteiger partial charge on any atom is -0.488 e. The molecule has 0 bridgehead atoms. The lowest BCUT2D eigenvalue weighted by molar-refractivity contribution is -0.120. The van der Waals surface area contributed by atoms with Crippen LogP contribution in [0.2, 0.25) is 0 Å². The Balaban J connectivity index is 1.48. The predicted molar refractivity (Wildman–Crippen MR) is 93.5 cm³/mol. The second-order valence-corrected chi connectivity index (χ2v) is 6.75. The molecule has 0 aliphatic carbocycles. The first-order valence-electron chi connectivity index (χ1n) is 8.38. The Bertz CT molecular complexity index is 773. The van der Waals surface area contributed by atoms with Crippen LogP contribution < -0.4 is 14.8 Å². The van der Waals surface area contributed by atoms with Gasteiger partial charge in [0.15, 0.2) is 11.5 Å². The van der Waals surface area contributed by atoms with Gasteiger partial charge in [-0.2, -0.15) is 0 Å². The fourth-order valence-electron chi connectivity index (χ4n) is 2.93. The van der Waals surface area contributed by atoms with Gasteiger partial charge in [0.1, 0.15) is 18.0 Å². The van der Waals surface area contributed by atoms with E-state index in [2.05, 4.69) is 5.32 Å². The molecule has 0 unspecified atom stereocenters. The van der Waals surface area contributed by atoms with Gasteiger partial charge in [-0.05, 0) is 31.5 Å². The molecule has 2 aromatic carbocycles. The lowest BCUT2D eigenvalue weighted by Gasteiger charge is -2.18. The van der Waals surface area contributed by atoms with Crippen LogP contribution in [0.15, 0.2) is 42.5 Å². The molecule has 0 spiro atoms. The van der Waals surface area contributed by atoms with Crippen molar-refractivity contribution in [1.29, 1.82) is 0 Å². The topological polar surface area (TPSA) is 47.6 Å². The summed E-state index contributed by atoms with van der Waals surface area (Å²) >= 11 is 0. The molecule has 1 aliphatic rings. The van der Waals surface area contributed by atoms with Crippen LogP contribution in [-0.4, -0.2) is 24.7 Å². The van der Waals surface area contributed by atoms with Crippen molar-refractivity contribution >= 4 is 5.91 Å². The zero-order valence-electron chi connectivity index (χ0n) is 14.5. The van der Waals surface area contributed by atoms with Gasteiger partial charge in [-0.3, -0.25) is 4.79 Å². The van der Waals surface area contributed by atoms with Crippen LogP contribution in [0.4, 0.5) is 4.39 Å². The predicted octanol–water partition coefficient (Wildman–Crippen LogP) is 3.28. The number of para-hydroxylation sites is 1. The third-order valence-electron chi connectivity index (χ3n) is 4.05. The highest BCUT2D eigenvalue weighted by Crippen LogP contribution is 2.41. The fourth-order valence-corrected chi connectivity index (χ4v) is 2.93. The molecule has 25 heavy (non-hydrogen) atoms. The minimum absolute atomic E-state index is 0.0186. The Morgan fingerprint density at radius 2 is 2.04 bits per heavy atom. The second kappa shape index (κ2) is 7.13. The Labute approximate surface area is 147 Å². The summed E-state index contributed by atoms with van der Waals surface area (Å²) < 4.78 is 25.2. The Kier molecular flexibility index (Phi) is 4.93. The Hall–Kier alpha value is -2.56. The normalized spacial score (nSPS) is 14.5. The second-order valence-electron chi connectivity index (χ2n) is 6.75. The summed E-state index contributed by atoms with van der Waals surface area (Å²) in [5, 5.41) is 2.74. The van der Waals surface area contributed by atoms with Crippen molar-refractivity contribution in [1.82, 2.24) is 5.32 Å². The fraction of sp³-hybridized carbons (Fsp3) is 0.350. The Morgan fingerprint density at radius 1 is 1.24 bits per heavy atom. The highest BCUT2D eigenvalue weighted by Gasteiger charge is 2.32. The summed E-state index contributed by atoms with van der Waals surface area (Å²) in [4.78, 5) is 11.9. The number of rotatable bonds is 6. The van der Waals surface area contributed by atoms with Gasteiger partial charge in [-0.15, -0.1) is 0 Å². The molecule has 1 aliphatic heterocycles. The van der Waals surface area contributed by atoms with Crippen LogP contribution in [0.1, 0.15) is 25.0 Å². The summed E-state index contributed by atoms with van der Waals surface area (Å²) in [5.74, 6) is 0.870. The maximum absolute atomic E-state index is 13.5. The van der Waals surface area contributed by atoms with E-state index in [1.807, 2.05) is 32.0 Å². The van der Waals surface area contributed by atoms with Gasteiger partial charge < -0.3 is 14.8 Å². The van der Waals surface area contributed by atoms with E-state index < -0.39 is 0 Å². The van der Waals surface area contributed by atoms with E-state index in [9.17, 15) is 9.18 Å². The number of amides is 1. The van der Waals surface area contributed by atoms with E-state index in [0.717, 1.165) is 17.7 Å². The van der Waals surface area contributed by atoms with Crippen LogP contribution in [-0.2, 0) is 17.6 Å². The van der Waals surface area contributed by atoms with Crippen molar-refractivity contribution in [2.45, 2.75) is 32.3 Å². The zero-order chi connectivity index (χ0) is 17.9. The molecule has 0 saturated heterocycles. The SMILES string of the molecule is CC1(C)Cc2cccc(OCCNC(=O)Cc3ccccc3F)c2O1. The maximum atomic E-state index is 13.5. The molecule has 0 atom stereocenters. The number of hydrogen-bond acceptors (Lipinski definition) is 3. The summed E-state index contributed by atoms with van der Waals surface area (Å²) in [7, 11) is 0. The zero-order valence-corrected chi connectivity index (χ0v) is 14.5. The first-order chi connectivity index (χ1) is 11.9. The smallest absolute Gasteiger partial charge is 0.224 e. The van der Waals surface area contributed by atoms with Gasteiger partial charge in [-0.1, -0.05) is 30.3 Å². The van der Waals surface area contributed by atoms with Gasteiger partial charge in [0.25, 0.3) is 0 Å². The summed E-state index contributed by atoms with van der Waals surface area (Å²) in [6.07, 6.45) is 0.865. The largest absolute Gasteiger partial charge is 0.488 e. The molecule has 5 heteroatoms. The third-order valence-corrected chi connectivity index (χ3v) is 4.05. The van der Waals surface area contributed by atoms with Crippen LogP contribution in [0, 0.1) is 5.82 Å². The van der Waals surface area contributed by atoms with Crippen LogP contribution in [0.3, 0.4) is 0 Å². The van der Waals surface area contributed by atoms with Gasteiger partial charge in [-0.25, -0.2) is 4.39 Å². The molecule has 1 N–H and O–H groups in total. The van der Waals surface area contributed by atoms with Crippen molar-refractivity contribution in [3.05, 3.63) is 59.4 Å². The molecule has 1 heterocycles. The maximum Gasteiger partial charge on any atom is 0.224 e. The van der Waals surface area contributed by atoms with Crippen molar-refractivity contribution in [3.8, 4) is 11.5 Å². The quantitative estimate of drug-likeness (QED) is 0.819. The van der Waals surface area contributed by atoms with Gasteiger partial charge in [0.2, 0.25) is 5.91 Å². The molecular weight excluding hydrogens is 321 g/mol. The molecule has 1 amide bonds. The molecule has 0 saturated carbocycles. The van der Waals surface area contributed by atoms with Crippen molar-refractivity contribution in [2.24, 2.45) is 0 Å². The van der Waals surface area contributed by atoms with Gasteiger partial charge in [0.05, 0.1) is 13.0 Å². The van der Waals surface area contributed by atoms with Crippen LogP contribution >= 0.6 is 0 Å². The number of carbonyl (C=O) groups excluding carboxylic acids is 1. The molecule has 3 rings (SSSR count). The molecule has 4 nitrogen and oxygen atoms in total. The van der Waals surface area contributed by atoms with E-state index in [1.165, 1.54) is 6.07 Å². The number of benzene rings is 2. The van der Waals surface area contributed by atoms with Crippen LogP contribution in [0.25, 0.3) is 0 Å². The van der Waals surface area contributed by atoms with E-state index in [0.29, 0.717) is 24.5 Å². The first kappa shape index (κ1) is 17.3. The number of nitrogens with one attached hydrogen (secondary N) is 1. The standard InChI is InChI=1S/C20H22FNO3/c1-20(2)13-15-7-5-9-17(19(15)25-20)24-11-10-22-18(23)12-14-6-3-4-8-16(14)21/h3-9H,10-13H2,1-2H3,(H,22,23). The lowest BCUT2D eigenvalue weighted by Crippen LogP contribution is -2.29. The minimum atomic E-state index is -0.367. The third kappa shape index (κ3) is 4.29. The van der Waals surface area contributed by atoms with Gasteiger partial charge >= 0.3 is 0 Å². The Morgan fingerprint density at radius 3 is 2.84 bits per heavy atom. The lowest BCUT2D eigenvalue weighted by atomic mass is 10.0.